The molecule has 126 valence electrons. The van der Waals surface area contributed by atoms with Gasteiger partial charge in [0.05, 0.1) is 18.3 Å². The largest absolute Gasteiger partial charge is 0.393 e. The molecule has 0 spiro atoms. The summed E-state index contributed by atoms with van der Waals surface area (Å²) in [7, 11) is 0. The van der Waals surface area contributed by atoms with Gasteiger partial charge in [0.15, 0.2) is 0 Å². The highest BCUT2D eigenvalue weighted by Crippen LogP contribution is 2.66. The van der Waals surface area contributed by atoms with Gasteiger partial charge in [-0.1, -0.05) is 13.8 Å². The van der Waals surface area contributed by atoms with E-state index in [9.17, 15) is 15.3 Å². The number of aliphatic hydroxyl groups excluding tert-OH is 3. The van der Waals surface area contributed by atoms with Crippen LogP contribution in [-0.2, 0) is 0 Å². The maximum Gasteiger partial charge on any atom is 0.0577 e. The molecule has 4 saturated carbocycles. The number of hydrogen-bond acceptors (Lipinski definition) is 3. The Hall–Kier alpha value is -0.120. The van der Waals surface area contributed by atoms with E-state index >= 15 is 0 Å². The number of rotatable bonds is 0. The minimum atomic E-state index is -0.233. The third-order valence-corrected chi connectivity index (χ3v) is 8.40. The highest BCUT2D eigenvalue weighted by molar-refractivity contribution is 5.10. The maximum absolute atomic E-state index is 10.9. The third kappa shape index (κ3) is 2.04. The average Bonchev–Trinajstić information content (AvgIpc) is 2.75. The van der Waals surface area contributed by atoms with E-state index < -0.39 is 0 Å². The second kappa shape index (κ2) is 4.94. The first-order valence-corrected chi connectivity index (χ1v) is 9.38. The van der Waals surface area contributed by atoms with Crippen molar-refractivity contribution in [2.24, 2.45) is 34.5 Å². The summed E-state index contributed by atoms with van der Waals surface area (Å²) in [6.45, 7) is 4.77. The Bertz CT molecular complexity index is 452. The van der Waals surface area contributed by atoms with Crippen LogP contribution in [-0.4, -0.2) is 33.6 Å². The zero-order valence-corrected chi connectivity index (χ0v) is 14.0. The van der Waals surface area contributed by atoms with Gasteiger partial charge in [-0.3, -0.25) is 0 Å². The van der Waals surface area contributed by atoms with Gasteiger partial charge in [-0.2, -0.15) is 0 Å². The van der Waals surface area contributed by atoms with Crippen molar-refractivity contribution in [1.82, 2.24) is 0 Å². The van der Waals surface area contributed by atoms with Crippen molar-refractivity contribution in [3.05, 3.63) is 0 Å². The number of hydrogen-bond donors (Lipinski definition) is 3. The Kier molecular flexibility index (Phi) is 3.46. The molecule has 0 saturated heterocycles. The van der Waals surface area contributed by atoms with E-state index in [2.05, 4.69) is 13.8 Å². The van der Waals surface area contributed by atoms with Crippen molar-refractivity contribution < 1.29 is 15.3 Å². The lowest BCUT2D eigenvalue weighted by Crippen LogP contribution is -2.57. The van der Waals surface area contributed by atoms with E-state index in [-0.39, 0.29) is 29.1 Å². The van der Waals surface area contributed by atoms with E-state index in [1.165, 1.54) is 12.8 Å². The average molecular weight is 308 g/mol. The van der Waals surface area contributed by atoms with Crippen LogP contribution in [0.3, 0.4) is 0 Å². The number of aliphatic hydroxyl groups is 3. The van der Waals surface area contributed by atoms with Crippen molar-refractivity contribution in [3.8, 4) is 0 Å². The van der Waals surface area contributed by atoms with Gasteiger partial charge in [-0.25, -0.2) is 0 Å². The summed E-state index contributed by atoms with van der Waals surface area (Å²) in [4.78, 5) is 0. The molecule has 0 aromatic heterocycles. The highest BCUT2D eigenvalue weighted by atomic mass is 16.3. The normalized spacial score (nSPS) is 61.2. The molecule has 0 heterocycles. The Balaban J connectivity index is 1.67. The maximum atomic E-state index is 10.9. The fourth-order valence-corrected chi connectivity index (χ4v) is 7.22. The predicted molar refractivity (Wildman–Crippen MR) is 85.1 cm³/mol. The van der Waals surface area contributed by atoms with Gasteiger partial charge in [0, 0.05) is 0 Å². The van der Waals surface area contributed by atoms with Gasteiger partial charge < -0.3 is 15.3 Å². The molecule has 22 heavy (non-hydrogen) atoms. The zero-order valence-electron chi connectivity index (χ0n) is 14.0. The van der Waals surface area contributed by atoms with Crippen LogP contribution in [0.1, 0.15) is 65.2 Å². The topological polar surface area (TPSA) is 60.7 Å². The molecule has 0 bridgehead atoms. The van der Waals surface area contributed by atoms with Crippen LogP contribution in [0, 0.1) is 34.5 Å². The standard InChI is InChI=1S/C19H32O3/c1-18-5-4-14-17(15(18)9-13(21)10-18)16(22)8-11-7-12(20)3-6-19(11,14)2/h11-17,20-22H,3-10H2,1-2H3/t11-,12-,13+,14-,15+,16-,17-,18-,19+/m1/s1. The molecule has 0 unspecified atom stereocenters. The Morgan fingerprint density at radius 1 is 0.818 bits per heavy atom. The lowest BCUT2D eigenvalue weighted by molar-refractivity contribution is -0.168. The Morgan fingerprint density at radius 2 is 1.59 bits per heavy atom. The highest BCUT2D eigenvalue weighted by Gasteiger charge is 2.61. The molecule has 3 N–H and O–H groups in total. The molecular formula is C19H32O3. The van der Waals surface area contributed by atoms with Crippen LogP contribution in [0.25, 0.3) is 0 Å². The molecule has 0 aliphatic heterocycles. The van der Waals surface area contributed by atoms with E-state index in [0.717, 1.165) is 38.5 Å². The molecule has 0 radical (unpaired) electrons. The smallest absolute Gasteiger partial charge is 0.0577 e. The van der Waals surface area contributed by atoms with Crippen molar-refractivity contribution >= 4 is 0 Å². The Labute approximate surface area is 134 Å². The van der Waals surface area contributed by atoms with Gasteiger partial charge in [0.1, 0.15) is 0 Å². The summed E-state index contributed by atoms with van der Waals surface area (Å²) in [5.74, 6) is 1.91. The summed E-state index contributed by atoms with van der Waals surface area (Å²) in [5.41, 5.74) is 0.525. The predicted octanol–water partition coefficient (Wildman–Crippen LogP) is 2.72. The summed E-state index contributed by atoms with van der Waals surface area (Å²) in [6, 6.07) is 0. The quantitative estimate of drug-likeness (QED) is 0.645. The summed E-state index contributed by atoms with van der Waals surface area (Å²) >= 11 is 0. The molecular weight excluding hydrogens is 276 g/mol. The zero-order chi connectivity index (χ0) is 15.7. The van der Waals surface area contributed by atoms with Crippen LogP contribution in [0.5, 0.6) is 0 Å². The van der Waals surface area contributed by atoms with Crippen LogP contribution in [0.15, 0.2) is 0 Å². The molecule has 4 fully saturated rings. The molecule has 4 rings (SSSR count). The second-order valence-corrected chi connectivity index (χ2v) is 9.51. The molecule has 9 atom stereocenters. The molecule has 3 nitrogen and oxygen atoms in total. The lowest BCUT2D eigenvalue weighted by Gasteiger charge is -2.61. The van der Waals surface area contributed by atoms with E-state index in [1.807, 2.05) is 0 Å². The van der Waals surface area contributed by atoms with E-state index in [4.69, 9.17) is 0 Å². The van der Waals surface area contributed by atoms with Crippen LogP contribution < -0.4 is 0 Å². The molecule has 4 aliphatic rings. The first-order valence-electron chi connectivity index (χ1n) is 9.38. The number of fused-ring (bicyclic) bond motifs is 5. The lowest BCUT2D eigenvalue weighted by atomic mass is 9.44. The monoisotopic (exact) mass is 308 g/mol. The van der Waals surface area contributed by atoms with Crippen molar-refractivity contribution in [2.75, 3.05) is 0 Å². The van der Waals surface area contributed by atoms with Crippen LogP contribution in [0.4, 0.5) is 0 Å². The molecule has 3 heteroatoms. The first kappa shape index (κ1) is 15.4. The van der Waals surface area contributed by atoms with Gasteiger partial charge in [-0.05, 0) is 85.9 Å². The van der Waals surface area contributed by atoms with Crippen LogP contribution in [0.2, 0.25) is 0 Å². The summed E-state index contributed by atoms with van der Waals surface area (Å²) < 4.78 is 0. The van der Waals surface area contributed by atoms with Crippen molar-refractivity contribution in [1.29, 1.82) is 0 Å². The Morgan fingerprint density at radius 3 is 2.36 bits per heavy atom. The molecule has 0 aromatic carbocycles. The van der Waals surface area contributed by atoms with Crippen molar-refractivity contribution in [2.45, 2.75) is 83.5 Å². The SMILES string of the molecule is C[C@]12CC[C@@H]3[C@@H]([C@H](O)C[C@H]4C[C@H](O)CC[C@@]43C)[C@@H]1C[C@H](O)C2. The third-order valence-electron chi connectivity index (χ3n) is 8.40. The van der Waals surface area contributed by atoms with Gasteiger partial charge in [0.2, 0.25) is 0 Å². The molecule has 0 amide bonds. The molecule has 0 aromatic rings. The fourth-order valence-electron chi connectivity index (χ4n) is 7.22. The molecule has 4 aliphatic carbocycles. The van der Waals surface area contributed by atoms with E-state index in [1.54, 1.807) is 0 Å². The van der Waals surface area contributed by atoms with Crippen LogP contribution >= 0.6 is 0 Å². The van der Waals surface area contributed by atoms with E-state index in [0.29, 0.717) is 23.7 Å². The minimum Gasteiger partial charge on any atom is -0.393 e. The van der Waals surface area contributed by atoms with Crippen molar-refractivity contribution in [3.63, 3.8) is 0 Å². The first-order chi connectivity index (χ1) is 10.3. The second-order valence-electron chi connectivity index (χ2n) is 9.51. The summed E-state index contributed by atoms with van der Waals surface area (Å²) in [5, 5.41) is 31.2. The van der Waals surface area contributed by atoms with Gasteiger partial charge in [0.25, 0.3) is 0 Å². The summed E-state index contributed by atoms with van der Waals surface area (Å²) in [6.07, 6.45) is 7.42. The minimum absolute atomic E-state index is 0.163. The van der Waals surface area contributed by atoms with Gasteiger partial charge >= 0.3 is 0 Å². The fraction of sp³-hybridized carbons (Fsp3) is 1.00. The van der Waals surface area contributed by atoms with Gasteiger partial charge in [-0.15, -0.1) is 0 Å².